The molecule has 3 aromatic carbocycles. The number of hydrogen-bond donors (Lipinski definition) is 0. The second-order valence-electron chi connectivity index (χ2n) is 4.24. The first kappa shape index (κ1) is 10.6. The number of benzene rings is 3. The molecule has 0 spiro atoms. The average Bonchev–Trinajstić information content (AvgIpc) is 2.40. The maximum atomic E-state index is 6.50. The zero-order valence-corrected chi connectivity index (χ0v) is 10.5. The molecule has 0 saturated heterocycles. The van der Waals surface area contributed by atoms with Gasteiger partial charge in [-0.25, -0.2) is 0 Å². The van der Waals surface area contributed by atoms with Gasteiger partial charge in [0.1, 0.15) is 0 Å². The van der Waals surface area contributed by atoms with Crippen LogP contribution in [0.4, 0.5) is 0 Å². The van der Waals surface area contributed by atoms with Crippen LogP contribution in [0.3, 0.4) is 0 Å². The Bertz CT molecular complexity index is 641. The molecule has 84 valence electrons. The molecule has 0 radical (unpaired) electrons. The van der Waals surface area contributed by atoms with E-state index < -0.39 is 0 Å². The standard InChI is InChI=1S/C16H13Cl/c1-2-11-12-7-3-5-9-14(12)16(17)15-10-6-4-8-13(11)15/h3-10H,2H2,1H3. The molecular formula is C16H13Cl. The molecule has 0 N–H and O–H groups in total. The van der Waals surface area contributed by atoms with Crippen molar-refractivity contribution in [3.63, 3.8) is 0 Å². The SMILES string of the molecule is CCc1c2ccccc2c(Cl)c2ccccc12. The summed E-state index contributed by atoms with van der Waals surface area (Å²) in [5, 5.41) is 5.74. The first-order valence-electron chi connectivity index (χ1n) is 5.90. The summed E-state index contributed by atoms with van der Waals surface area (Å²) >= 11 is 6.50. The van der Waals surface area contributed by atoms with Crippen LogP contribution in [-0.2, 0) is 6.42 Å². The highest BCUT2D eigenvalue weighted by Crippen LogP contribution is 2.36. The van der Waals surface area contributed by atoms with E-state index in [1.807, 2.05) is 12.1 Å². The molecule has 3 aromatic rings. The van der Waals surface area contributed by atoms with Crippen molar-refractivity contribution in [2.45, 2.75) is 13.3 Å². The van der Waals surface area contributed by atoms with E-state index >= 15 is 0 Å². The Labute approximate surface area is 106 Å². The fourth-order valence-electron chi connectivity index (χ4n) is 2.55. The van der Waals surface area contributed by atoms with Crippen LogP contribution in [0.2, 0.25) is 5.02 Å². The van der Waals surface area contributed by atoms with Gasteiger partial charge in [-0.3, -0.25) is 0 Å². The Morgan fingerprint density at radius 3 is 1.59 bits per heavy atom. The van der Waals surface area contributed by atoms with Crippen LogP contribution >= 0.6 is 11.6 Å². The first-order chi connectivity index (χ1) is 8.33. The van der Waals surface area contributed by atoms with Crippen LogP contribution < -0.4 is 0 Å². The number of rotatable bonds is 1. The van der Waals surface area contributed by atoms with Crippen LogP contribution in [0.15, 0.2) is 48.5 Å². The largest absolute Gasteiger partial charge is 0.0830 e. The first-order valence-corrected chi connectivity index (χ1v) is 6.28. The van der Waals surface area contributed by atoms with Crippen molar-refractivity contribution in [3.8, 4) is 0 Å². The maximum Gasteiger partial charge on any atom is 0.0562 e. The summed E-state index contributed by atoms with van der Waals surface area (Å²) in [6.45, 7) is 2.20. The highest BCUT2D eigenvalue weighted by atomic mass is 35.5. The highest BCUT2D eigenvalue weighted by Gasteiger charge is 2.10. The van der Waals surface area contributed by atoms with Crippen LogP contribution in [-0.4, -0.2) is 0 Å². The molecule has 0 saturated carbocycles. The molecule has 0 unspecified atom stereocenters. The minimum Gasteiger partial charge on any atom is -0.0830 e. The Morgan fingerprint density at radius 1 is 0.765 bits per heavy atom. The summed E-state index contributed by atoms with van der Waals surface area (Å²) in [7, 11) is 0. The topological polar surface area (TPSA) is 0 Å². The van der Waals surface area contributed by atoms with Crippen LogP contribution in [0.25, 0.3) is 21.5 Å². The monoisotopic (exact) mass is 240 g/mol. The van der Waals surface area contributed by atoms with E-state index in [2.05, 4.69) is 43.3 Å². The van der Waals surface area contributed by atoms with Crippen molar-refractivity contribution in [2.24, 2.45) is 0 Å². The normalized spacial score (nSPS) is 11.2. The number of fused-ring (bicyclic) bond motifs is 2. The summed E-state index contributed by atoms with van der Waals surface area (Å²) in [5.74, 6) is 0. The fraction of sp³-hybridized carbons (Fsp3) is 0.125. The van der Waals surface area contributed by atoms with E-state index in [0.29, 0.717) is 0 Å². The predicted octanol–water partition coefficient (Wildman–Crippen LogP) is 5.21. The summed E-state index contributed by atoms with van der Waals surface area (Å²) < 4.78 is 0. The smallest absolute Gasteiger partial charge is 0.0562 e. The van der Waals surface area contributed by atoms with Gasteiger partial charge < -0.3 is 0 Å². The molecule has 0 bridgehead atoms. The quantitative estimate of drug-likeness (QED) is 0.513. The van der Waals surface area contributed by atoms with E-state index in [0.717, 1.165) is 22.2 Å². The Hall–Kier alpha value is -1.53. The van der Waals surface area contributed by atoms with E-state index in [1.54, 1.807) is 0 Å². The number of hydrogen-bond acceptors (Lipinski definition) is 0. The predicted molar refractivity (Wildman–Crippen MR) is 75.8 cm³/mol. The maximum absolute atomic E-state index is 6.50. The van der Waals surface area contributed by atoms with Crippen molar-refractivity contribution in [3.05, 3.63) is 59.1 Å². The molecule has 0 amide bonds. The van der Waals surface area contributed by atoms with Crippen molar-refractivity contribution in [1.82, 2.24) is 0 Å². The summed E-state index contributed by atoms with van der Waals surface area (Å²) in [5.41, 5.74) is 1.39. The third-order valence-electron chi connectivity index (χ3n) is 3.33. The van der Waals surface area contributed by atoms with Gasteiger partial charge in [0.2, 0.25) is 0 Å². The lowest BCUT2D eigenvalue weighted by Crippen LogP contribution is -1.88. The van der Waals surface area contributed by atoms with Gasteiger partial charge in [-0.05, 0) is 22.8 Å². The lowest BCUT2D eigenvalue weighted by molar-refractivity contribution is 1.18. The minimum absolute atomic E-state index is 0.869. The van der Waals surface area contributed by atoms with E-state index in [4.69, 9.17) is 11.6 Å². The molecule has 0 aliphatic rings. The molecule has 17 heavy (non-hydrogen) atoms. The third kappa shape index (κ3) is 1.52. The van der Waals surface area contributed by atoms with E-state index in [1.165, 1.54) is 16.3 Å². The van der Waals surface area contributed by atoms with Crippen molar-refractivity contribution < 1.29 is 0 Å². The molecule has 0 atom stereocenters. The van der Waals surface area contributed by atoms with E-state index in [9.17, 15) is 0 Å². The lowest BCUT2D eigenvalue weighted by atomic mass is 9.95. The number of halogens is 1. The van der Waals surface area contributed by atoms with Gasteiger partial charge >= 0.3 is 0 Å². The van der Waals surface area contributed by atoms with Gasteiger partial charge in [0, 0.05) is 10.8 Å². The summed E-state index contributed by atoms with van der Waals surface area (Å²) in [6, 6.07) is 16.8. The molecule has 0 nitrogen and oxygen atoms in total. The molecule has 1 heteroatoms. The second-order valence-corrected chi connectivity index (χ2v) is 4.62. The van der Waals surface area contributed by atoms with Gasteiger partial charge in [-0.1, -0.05) is 67.1 Å². The average molecular weight is 241 g/mol. The molecular weight excluding hydrogens is 228 g/mol. The second kappa shape index (κ2) is 4.05. The Balaban J connectivity index is 2.63. The van der Waals surface area contributed by atoms with Crippen molar-refractivity contribution in [1.29, 1.82) is 0 Å². The van der Waals surface area contributed by atoms with Gasteiger partial charge in [0.15, 0.2) is 0 Å². The van der Waals surface area contributed by atoms with Crippen molar-refractivity contribution >= 4 is 33.1 Å². The zero-order chi connectivity index (χ0) is 11.8. The van der Waals surface area contributed by atoms with Gasteiger partial charge in [0.25, 0.3) is 0 Å². The molecule has 0 aliphatic carbocycles. The third-order valence-corrected chi connectivity index (χ3v) is 3.74. The zero-order valence-electron chi connectivity index (χ0n) is 9.70. The van der Waals surface area contributed by atoms with Gasteiger partial charge in [0.05, 0.1) is 5.02 Å². The fourth-order valence-corrected chi connectivity index (χ4v) is 2.88. The Kier molecular flexibility index (Phi) is 2.53. The van der Waals surface area contributed by atoms with Gasteiger partial charge in [-0.2, -0.15) is 0 Å². The summed E-state index contributed by atoms with van der Waals surface area (Å²) in [4.78, 5) is 0. The Morgan fingerprint density at radius 2 is 1.18 bits per heavy atom. The lowest BCUT2D eigenvalue weighted by Gasteiger charge is -2.11. The number of aryl methyl sites for hydroxylation is 1. The van der Waals surface area contributed by atoms with Crippen LogP contribution in [0, 0.1) is 0 Å². The molecule has 3 rings (SSSR count). The minimum atomic E-state index is 0.869. The van der Waals surface area contributed by atoms with E-state index in [-0.39, 0.29) is 0 Å². The molecule has 0 aromatic heterocycles. The highest BCUT2D eigenvalue weighted by molar-refractivity contribution is 6.41. The summed E-state index contributed by atoms with van der Waals surface area (Å²) in [6.07, 6.45) is 1.03. The molecule has 0 heterocycles. The van der Waals surface area contributed by atoms with Gasteiger partial charge in [-0.15, -0.1) is 0 Å². The van der Waals surface area contributed by atoms with Crippen LogP contribution in [0.1, 0.15) is 12.5 Å². The van der Waals surface area contributed by atoms with Crippen molar-refractivity contribution in [2.75, 3.05) is 0 Å². The molecule has 0 aliphatic heterocycles. The molecule has 0 fully saturated rings. The van der Waals surface area contributed by atoms with Crippen LogP contribution in [0.5, 0.6) is 0 Å².